The Labute approximate surface area is 105 Å². The average Bonchev–Trinajstić information content (AvgIpc) is 2.33. The van der Waals surface area contributed by atoms with Gasteiger partial charge in [-0.05, 0) is 32.9 Å². The van der Waals surface area contributed by atoms with Crippen LogP contribution < -0.4 is 10.1 Å². The Bertz CT molecular complexity index is 320. The molecule has 0 aliphatic carbocycles. The normalized spacial score (nSPS) is 14.4. The Morgan fingerprint density at radius 2 is 1.94 bits per heavy atom. The van der Waals surface area contributed by atoms with Crippen molar-refractivity contribution < 1.29 is 4.74 Å². The third-order valence-corrected chi connectivity index (χ3v) is 3.07. The van der Waals surface area contributed by atoms with Gasteiger partial charge in [0.1, 0.15) is 5.75 Å². The summed E-state index contributed by atoms with van der Waals surface area (Å²) in [5.74, 6) is 1.02. The van der Waals surface area contributed by atoms with Crippen LogP contribution >= 0.6 is 0 Å². The minimum absolute atomic E-state index is 0.288. The third-order valence-electron chi connectivity index (χ3n) is 3.07. The zero-order valence-electron chi connectivity index (χ0n) is 11.5. The summed E-state index contributed by atoms with van der Waals surface area (Å²) in [4.78, 5) is 0. The second-order valence-electron chi connectivity index (χ2n) is 4.50. The Hall–Kier alpha value is -1.02. The number of nitrogens with one attached hydrogen (secondary N) is 1. The predicted molar refractivity (Wildman–Crippen MR) is 73.5 cm³/mol. The lowest BCUT2D eigenvalue weighted by atomic mass is 10.0. The second-order valence-corrected chi connectivity index (χ2v) is 4.50. The second kappa shape index (κ2) is 7.33. The zero-order valence-corrected chi connectivity index (χ0v) is 11.5. The quantitative estimate of drug-likeness (QED) is 0.773. The minimum Gasteiger partial charge on any atom is -0.490 e. The molecule has 0 amide bonds. The summed E-state index contributed by atoms with van der Waals surface area (Å²) in [5, 5.41) is 3.33. The van der Waals surface area contributed by atoms with Crippen LogP contribution in [-0.2, 0) is 0 Å². The van der Waals surface area contributed by atoms with E-state index in [9.17, 15) is 0 Å². The maximum Gasteiger partial charge on any atom is 0.124 e. The molecule has 1 aromatic carbocycles. The standard InChI is InChI=1S/C15H25NO/c1-5-9-12(3)17-15-11-8-7-10-13(15)14(6-2)16-4/h7-8,10-12,14,16H,5-6,9H2,1-4H3. The van der Waals surface area contributed by atoms with Crippen molar-refractivity contribution in [2.24, 2.45) is 0 Å². The molecule has 0 aliphatic heterocycles. The topological polar surface area (TPSA) is 21.3 Å². The summed E-state index contributed by atoms with van der Waals surface area (Å²) in [7, 11) is 2.00. The molecule has 0 spiro atoms. The number of para-hydroxylation sites is 1. The molecule has 1 N–H and O–H groups in total. The van der Waals surface area contributed by atoms with Crippen molar-refractivity contribution in [3.63, 3.8) is 0 Å². The molecule has 0 bridgehead atoms. The maximum atomic E-state index is 6.03. The van der Waals surface area contributed by atoms with E-state index in [-0.39, 0.29) is 6.10 Å². The van der Waals surface area contributed by atoms with Gasteiger partial charge in [-0.2, -0.15) is 0 Å². The molecule has 96 valence electrons. The van der Waals surface area contributed by atoms with E-state index in [1.165, 1.54) is 5.56 Å². The van der Waals surface area contributed by atoms with Crippen molar-refractivity contribution in [1.82, 2.24) is 5.32 Å². The molecule has 0 aromatic heterocycles. The molecular formula is C15H25NO. The Kier molecular flexibility index (Phi) is 6.06. The fraction of sp³-hybridized carbons (Fsp3) is 0.600. The lowest BCUT2D eigenvalue weighted by molar-refractivity contribution is 0.206. The molecule has 2 atom stereocenters. The number of rotatable bonds is 7. The molecule has 17 heavy (non-hydrogen) atoms. The van der Waals surface area contributed by atoms with E-state index in [0.717, 1.165) is 25.0 Å². The van der Waals surface area contributed by atoms with Crippen molar-refractivity contribution >= 4 is 0 Å². The van der Waals surface area contributed by atoms with Crippen LogP contribution in [0.3, 0.4) is 0 Å². The van der Waals surface area contributed by atoms with Gasteiger partial charge in [0.05, 0.1) is 6.10 Å². The maximum absolute atomic E-state index is 6.03. The summed E-state index contributed by atoms with van der Waals surface area (Å²) < 4.78 is 6.03. The highest BCUT2D eigenvalue weighted by Gasteiger charge is 2.13. The molecular weight excluding hydrogens is 210 g/mol. The smallest absolute Gasteiger partial charge is 0.124 e. The Morgan fingerprint density at radius 3 is 2.53 bits per heavy atom. The first-order valence-corrected chi connectivity index (χ1v) is 6.65. The highest BCUT2D eigenvalue weighted by molar-refractivity contribution is 5.36. The van der Waals surface area contributed by atoms with Gasteiger partial charge in [0.25, 0.3) is 0 Å². The highest BCUT2D eigenvalue weighted by atomic mass is 16.5. The van der Waals surface area contributed by atoms with Gasteiger partial charge in [-0.3, -0.25) is 0 Å². The zero-order chi connectivity index (χ0) is 12.7. The predicted octanol–water partition coefficient (Wildman–Crippen LogP) is 3.92. The van der Waals surface area contributed by atoms with Crippen molar-refractivity contribution in [3.8, 4) is 5.75 Å². The Balaban J connectivity index is 2.83. The molecule has 2 nitrogen and oxygen atoms in total. The monoisotopic (exact) mass is 235 g/mol. The molecule has 1 aromatic rings. The number of benzene rings is 1. The van der Waals surface area contributed by atoms with E-state index >= 15 is 0 Å². The van der Waals surface area contributed by atoms with Crippen molar-refractivity contribution in [3.05, 3.63) is 29.8 Å². The van der Waals surface area contributed by atoms with Crippen LogP contribution in [0.15, 0.2) is 24.3 Å². The molecule has 0 heterocycles. The first-order chi connectivity index (χ1) is 8.22. The van der Waals surface area contributed by atoms with Crippen LogP contribution in [-0.4, -0.2) is 13.2 Å². The average molecular weight is 235 g/mol. The van der Waals surface area contributed by atoms with Crippen LogP contribution in [0, 0.1) is 0 Å². The van der Waals surface area contributed by atoms with Crippen LogP contribution in [0.5, 0.6) is 5.75 Å². The highest BCUT2D eigenvalue weighted by Crippen LogP contribution is 2.28. The van der Waals surface area contributed by atoms with Gasteiger partial charge in [0.2, 0.25) is 0 Å². The summed E-state index contributed by atoms with van der Waals surface area (Å²) >= 11 is 0. The first kappa shape index (κ1) is 14.0. The van der Waals surface area contributed by atoms with Crippen LogP contribution in [0.25, 0.3) is 0 Å². The summed E-state index contributed by atoms with van der Waals surface area (Å²) in [6, 6.07) is 8.72. The van der Waals surface area contributed by atoms with Gasteiger partial charge < -0.3 is 10.1 Å². The molecule has 0 fully saturated rings. The third kappa shape index (κ3) is 4.04. The largest absolute Gasteiger partial charge is 0.490 e. The van der Waals surface area contributed by atoms with E-state index in [2.05, 4.69) is 44.3 Å². The van der Waals surface area contributed by atoms with Gasteiger partial charge in [-0.15, -0.1) is 0 Å². The van der Waals surface area contributed by atoms with Gasteiger partial charge in [0, 0.05) is 11.6 Å². The van der Waals surface area contributed by atoms with Crippen molar-refractivity contribution in [1.29, 1.82) is 0 Å². The summed E-state index contributed by atoms with van der Waals surface area (Å²) in [5.41, 5.74) is 1.26. The molecule has 1 rings (SSSR count). The van der Waals surface area contributed by atoms with Gasteiger partial charge in [-0.25, -0.2) is 0 Å². The van der Waals surface area contributed by atoms with Gasteiger partial charge >= 0.3 is 0 Å². The minimum atomic E-state index is 0.288. The fourth-order valence-electron chi connectivity index (χ4n) is 2.14. The molecule has 0 radical (unpaired) electrons. The fourth-order valence-corrected chi connectivity index (χ4v) is 2.14. The SMILES string of the molecule is CCCC(C)Oc1ccccc1C(CC)NC. The van der Waals surface area contributed by atoms with Crippen molar-refractivity contribution in [2.45, 2.75) is 52.2 Å². The first-order valence-electron chi connectivity index (χ1n) is 6.65. The number of hydrogen-bond acceptors (Lipinski definition) is 2. The van der Waals surface area contributed by atoms with Crippen molar-refractivity contribution in [2.75, 3.05) is 7.05 Å². The van der Waals surface area contributed by atoms with E-state index in [0.29, 0.717) is 6.04 Å². The summed E-state index contributed by atoms with van der Waals surface area (Å²) in [6.45, 7) is 6.52. The molecule has 0 aliphatic rings. The molecule has 2 heteroatoms. The van der Waals surface area contributed by atoms with E-state index < -0.39 is 0 Å². The number of ether oxygens (including phenoxy) is 1. The lowest BCUT2D eigenvalue weighted by Crippen LogP contribution is -2.18. The van der Waals surface area contributed by atoms with Gasteiger partial charge in [0.15, 0.2) is 0 Å². The van der Waals surface area contributed by atoms with E-state index in [1.54, 1.807) is 0 Å². The van der Waals surface area contributed by atoms with E-state index in [4.69, 9.17) is 4.74 Å². The molecule has 0 saturated carbocycles. The number of hydrogen-bond donors (Lipinski definition) is 1. The van der Waals surface area contributed by atoms with E-state index in [1.807, 2.05) is 13.1 Å². The molecule has 2 unspecified atom stereocenters. The molecule has 0 saturated heterocycles. The lowest BCUT2D eigenvalue weighted by Gasteiger charge is -2.21. The van der Waals surface area contributed by atoms with Crippen LogP contribution in [0.1, 0.15) is 51.6 Å². The van der Waals surface area contributed by atoms with Crippen LogP contribution in [0.4, 0.5) is 0 Å². The van der Waals surface area contributed by atoms with Gasteiger partial charge in [-0.1, -0.05) is 38.5 Å². The summed E-state index contributed by atoms with van der Waals surface area (Å²) in [6.07, 6.45) is 3.62. The van der Waals surface area contributed by atoms with Crippen LogP contribution in [0.2, 0.25) is 0 Å². The Morgan fingerprint density at radius 1 is 1.24 bits per heavy atom.